The lowest BCUT2D eigenvalue weighted by Crippen LogP contribution is -2.57. The molecule has 0 spiro atoms. The Balaban J connectivity index is 1.69. The van der Waals surface area contributed by atoms with E-state index in [4.69, 9.17) is 0 Å². The van der Waals surface area contributed by atoms with Gasteiger partial charge >= 0.3 is 5.97 Å². The molecule has 28 heavy (non-hydrogen) atoms. The zero-order chi connectivity index (χ0) is 20.1. The topological polar surface area (TPSA) is 126 Å². The summed E-state index contributed by atoms with van der Waals surface area (Å²) in [4.78, 5) is 37.8. The number of benzene rings is 1. The minimum atomic E-state index is -1.40. The van der Waals surface area contributed by atoms with E-state index in [1.165, 1.54) is 11.1 Å². The Bertz CT molecular complexity index is 875. The number of amides is 1. The summed E-state index contributed by atoms with van der Waals surface area (Å²) in [5.74, 6) is -1.41. The molecule has 1 aliphatic rings. The van der Waals surface area contributed by atoms with Crippen molar-refractivity contribution >= 4 is 11.9 Å². The molecule has 0 bridgehead atoms. The second-order valence-corrected chi connectivity index (χ2v) is 7.37. The number of likely N-dealkylation sites (tertiary alicyclic amines) is 1. The van der Waals surface area contributed by atoms with Gasteiger partial charge in [-0.1, -0.05) is 30.3 Å². The fourth-order valence-electron chi connectivity index (χ4n) is 3.85. The highest BCUT2D eigenvalue weighted by atomic mass is 16.4. The molecule has 4 N–H and O–H groups in total. The van der Waals surface area contributed by atoms with Gasteiger partial charge in [0.25, 0.3) is 5.56 Å². The fourth-order valence-corrected chi connectivity index (χ4v) is 3.85. The summed E-state index contributed by atoms with van der Waals surface area (Å²) >= 11 is 0. The molecule has 2 aromatic rings. The number of aryl methyl sites for hydroxylation is 1. The third-order valence-corrected chi connectivity index (χ3v) is 5.56. The summed E-state index contributed by atoms with van der Waals surface area (Å²) in [6.45, 7) is 0.218. The van der Waals surface area contributed by atoms with Gasteiger partial charge in [0.15, 0.2) is 0 Å². The van der Waals surface area contributed by atoms with Gasteiger partial charge in [-0.25, -0.2) is 0 Å². The van der Waals surface area contributed by atoms with E-state index < -0.39 is 17.5 Å². The largest absolute Gasteiger partial charge is 0.481 e. The lowest BCUT2D eigenvalue weighted by molar-refractivity contribution is -0.166. The molecule has 1 saturated heterocycles. The smallest absolute Gasteiger partial charge is 0.314 e. The predicted molar refractivity (Wildman–Crippen MR) is 102 cm³/mol. The molecule has 8 nitrogen and oxygen atoms in total. The van der Waals surface area contributed by atoms with Crippen LogP contribution >= 0.6 is 0 Å². The van der Waals surface area contributed by atoms with Crippen molar-refractivity contribution < 1.29 is 19.8 Å². The van der Waals surface area contributed by atoms with E-state index in [1.807, 2.05) is 30.3 Å². The van der Waals surface area contributed by atoms with Crippen LogP contribution in [0.3, 0.4) is 0 Å². The number of aromatic amines is 2. The quantitative estimate of drug-likeness (QED) is 0.562. The van der Waals surface area contributed by atoms with E-state index in [0.717, 1.165) is 5.56 Å². The highest BCUT2D eigenvalue weighted by Crippen LogP contribution is 2.36. The van der Waals surface area contributed by atoms with Gasteiger partial charge in [0, 0.05) is 24.8 Å². The molecule has 1 fully saturated rings. The van der Waals surface area contributed by atoms with Gasteiger partial charge < -0.3 is 20.2 Å². The van der Waals surface area contributed by atoms with Crippen molar-refractivity contribution in [3.05, 3.63) is 58.0 Å². The van der Waals surface area contributed by atoms with Crippen molar-refractivity contribution in [1.29, 1.82) is 0 Å². The van der Waals surface area contributed by atoms with Crippen LogP contribution in [0.4, 0.5) is 0 Å². The molecule has 0 unspecified atom stereocenters. The number of carbonyl (C=O) groups excluding carboxylic acids is 1. The number of rotatable bonds is 7. The van der Waals surface area contributed by atoms with Gasteiger partial charge in [-0.05, 0) is 31.2 Å². The second kappa shape index (κ2) is 8.43. The summed E-state index contributed by atoms with van der Waals surface area (Å²) in [7, 11) is 0. The molecule has 150 valence electrons. The molecule has 0 radical (unpaired) electrons. The van der Waals surface area contributed by atoms with Crippen molar-refractivity contribution in [2.45, 2.75) is 38.2 Å². The number of aliphatic hydroxyl groups excluding tert-OH is 1. The minimum Gasteiger partial charge on any atom is -0.481 e. The summed E-state index contributed by atoms with van der Waals surface area (Å²) in [6.07, 6.45) is 2.08. The molecular formula is C20H25N3O5. The maximum absolute atomic E-state index is 12.6. The van der Waals surface area contributed by atoms with E-state index in [-0.39, 0.29) is 43.8 Å². The first-order chi connectivity index (χ1) is 13.4. The van der Waals surface area contributed by atoms with E-state index >= 15 is 0 Å². The first kappa shape index (κ1) is 19.9. The Labute approximate surface area is 162 Å². The van der Waals surface area contributed by atoms with Crippen LogP contribution in [0.5, 0.6) is 0 Å². The maximum atomic E-state index is 12.6. The molecule has 8 heteroatoms. The fraction of sp³-hybridized carbons (Fsp3) is 0.450. The number of carboxylic acids is 1. The number of piperidine rings is 1. The molecule has 0 aliphatic carbocycles. The average Bonchev–Trinajstić information content (AvgIpc) is 3.08. The number of nitrogens with one attached hydrogen (secondary N) is 2. The first-order valence-electron chi connectivity index (χ1n) is 9.40. The molecular weight excluding hydrogens is 362 g/mol. The second-order valence-electron chi connectivity index (χ2n) is 7.37. The standard InChI is InChI=1S/C20H25N3O5/c24-16-8-10-23(17(25)11-15-12-21-22-18(15)26)13-20(16,19(27)28)9-4-7-14-5-2-1-3-6-14/h1-3,5-6,12,16,24H,4,7-11,13H2,(H,27,28)(H2,21,22,26)/t16-,20-/m1/s1. The van der Waals surface area contributed by atoms with Crippen molar-refractivity contribution in [3.63, 3.8) is 0 Å². The summed E-state index contributed by atoms with van der Waals surface area (Å²) < 4.78 is 0. The lowest BCUT2D eigenvalue weighted by atomic mass is 9.73. The maximum Gasteiger partial charge on any atom is 0.314 e. The number of aromatic nitrogens is 2. The Morgan fingerprint density at radius 1 is 1.25 bits per heavy atom. The highest BCUT2D eigenvalue weighted by Gasteiger charge is 2.49. The van der Waals surface area contributed by atoms with Crippen molar-refractivity contribution in [3.8, 4) is 0 Å². The first-order valence-corrected chi connectivity index (χ1v) is 9.40. The number of carboxylic acid groups (broad SMARTS) is 1. The number of aliphatic hydroxyl groups is 1. The molecule has 1 aliphatic heterocycles. The molecule has 1 amide bonds. The van der Waals surface area contributed by atoms with Crippen LogP contribution in [0.15, 0.2) is 41.3 Å². The normalized spacial score (nSPS) is 22.2. The van der Waals surface area contributed by atoms with Crippen molar-refractivity contribution in [2.75, 3.05) is 13.1 Å². The van der Waals surface area contributed by atoms with E-state index in [1.54, 1.807) is 0 Å². The van der Waals surface area contributed by atoms with Gasteiger partial charge in [0.2, 0.25) is 5.91 Å². The Morgan fingerprint density at radius 2 is 2.00 bits per heavy atom. The molecule has 3 rings (SSSR count). The average molecular weight is 387 g/mol. The number of hydrogen-bond donors (Lipinski definition) is 4. The van der Waals surface area contributed by atoms with Gasteiger partial charge in [0.1, 0.15) is 5.41 Å². The van der Waals surface area contributed by atoms with Crippen LogP contribution < -0.4 is 5.56 Å². The molecule has 0 saturated carbocycles. The number of H-pyrrole nitrogens is 2. The Morgan fingerprint density at radius 3 is 2.64 bits per heavy atom. The molecule has 1 aromatic carbocycles. The SMILES string of the molecule is O=C(Cc1c[nH][nH]c1=O)N1CC[C@@H](O)[C@](CCCc2ccccc2)(C(=O)O)C1. The van der Waals surface area contributed by atoms with E-state index in [2.05, 4.69) is 10.2 Å². The van der Waals surface area contributed by atoms with Crippen LogP contribution in [-0.2, 0) is 22.4 Å². The van der Waals surface area contributed by atoms with Crippen LogP contribution in [0.25, 0.3) is 0 Å². The lowest BCUT2D eigenvalue weighted by Gasteiger charge is -2.43. The number of nitrogens with zero attached hydrogens (tertiary/aromatic N) is 1. The minimum absolute atomic E-state index is 0.0561. The van der Waals surface area contributed by atoms with Crippen LogP contribution in [0.1, 0.15) is 30.4 Å². The van der Waals surface area contributed by atoms with Crippen molar-refractivity contribution in [2.24, 2.45) is 5.41 Å². The number of hydrogen-bond acceptors (Lipinski definition) is 4. The van der Waals surface area contributed by atoms with Gasteiger partial charge in [-0.2, -0.15) is 0 Å². The van der Waals surface area contributed by atoms with Crippen molar-refractivity contribution in [1.82, 2.24) is 15.1 Å². The predicted octanol–water partition coefficient (Wildman–Crippen LogP) is 0.933. The van der Waals surface area contributed by atoms with Crippen LogP contribution in [0.2, 0.25) is 0 Å². The van der Waals surface area contributed by atoms with Gasteiger partial charge in [-0.3, -0.25) is 19.5 Å². The van der Waals surface area contributed by atoms with Gasteiger partial charge in [-0.15, -0.1) is 0 Å². The third-order valence-electron chi connectivity index (χ3n) is 5.56. The highest BCUT2D eigenvalue weighted by molar-refractivity contribution is 5.81. The molecule has 2 heterocycles. The Kier molecular flexibility index (Phi) is 5.99. The van der Waals surface area contributed by atoms with Gasteiger partial charge in [0.05, 0.1) is 12.5 Å². The van der Waals surface area contributed by atoms with E-state index in [0.29, 0.717) is 18.4 Å². The zero-order valence-electron chi connectivity index (χ0n) is 15.6. The zero-order valence-corrected chi connectivity index (χ0v) is 15.6. The number of carbonyl (C=O) groups is 2. The van der Waals surface area contributed by atoms with E-state index in [9.17, 15) is 24.6 Å². The Hall–Kier alpha value is -2.87. The summed E-state index contributed by atoms with van der Waals surface area (Å²) in [5.41, 5.74) is -0.348. The third kappa shape index (κ3) is 4.17. The summed E-state index contributed by atoms with van der Waals surface area (Å²) in [5, 5.41) is 25.3. The summed E-state index contributed by atoms with van der Waals surface area (Å²) in [6, 6.07) is 9.75. The molecule has 2 atom stereocenters. The monoisotopic (exact) mass is 387 g/mol. The van der Waals surface area contributed by atoms with Crippen LogP contribution in [0, 0.1) is 5.41 Å². The number of aliphatic carboxylic acids is 1. The van der Waals surface area contributed by atoms with Crippen LogP contribution in [-0.4, -0.2) is 56.4 Å². The molecule has 1 aromatic heterocycles.